The van der Waals surface area contributed by atoms with Gasteiger partial charge in [-0.15, -0.1) is 0 Å². The molecule has 1 atom stereocenters. The first-order valence-electron chi connectivity index (χ1n) is 7.15. The van der Waals surface area contributed by atoms with E-state index < -0.39 is 5.97 Å². The van der Waals surface area contributed by atoms with Crippen molar-refractivity contribution >= 4 is 5.97 Å². The van der Waals surface area contributed by atoms with Gasteiger partial charge < -0.3 is 20.2 Å². The summed E-state index contributed by atoms with van der Waals surface area (Å²) >= 11 is 0. The average Bonchev–Trinajstić information content (AvgIpc) is 2.77. The topological polar surface area (TPSA) is 59.1 Å². The summed E-state index contributed by atoms with van der Waals surface area (Å²) in [6, 6.07) is 0. The predicted octanol–water partition coefficient (Wildman–Crippen LogP) is 0.785. The maximum Gasteiger partial charge on any atom is 0.303 e. The Morgan fingerprint density at radius 1 is 1.45 bits per heavy atom. The highest BCUT2D eigenvalue weighted by atomic mass is 16.4. The van der Waals surface area contributed by atoms with Gasteiger partial charge in [0.2, 0.25) is 0 Å². The van der Waals surface area contributed by atoms with Crippen LogP contribution in [0.5, 0.6) is 0 Å². The SMILES string of the molecule is CC1=CN(C(CCCC(=O)O)N(C)CCN(C)C)CN1. The van der Waals surface area contributed by atoms with Gasteiger partial charge in [0.05, 0.1) is 12.8 Å². The fourth-order valence-electron chi connectivity index (χ4n) is 2.33. The fraction of sp³-hybridized carbons (Fsp3) is 0.786. The highest BCUT2D eigenvalue weighted by Gasteiger charge is 2.23. The van der Waals surface area contributed by atoms with Crippen LogP contribution in [0, 0.1) is 0 Å². The molecular formula is C14H28N4O2. The van der Waals surface area contributed by atoms with E-state index in [-0.39, 0.29) is 12.6 Å². The van der Waals surface area contributed by atoms with Crippen LogP contribution >= 0.6 is 0 Å². The fourth-order valence-corrected chi connectivity index (χ4v) is 2.33. The van der Waals surface area contributed by atoms with Gasteiger partial charge in [-0.3, -0.25) is 9.69 Å². The van der Waals surface area contributed by atoms with Gasteiger partial charge in [-0.1, -0.05) is 0 Å². The van der Waals surface area contributed by atoms with Crippen LogP contribution in [0.1, 0.15) is 26.2 Å². The molecule has 0 saturated carbocycles. The molecule has 0 amide bonds. The first-order chi connectivity index (χ1) is 9.40. The molecule has 6 heteroatoms. The number of likely N-dealkylation sites (N-methyl/N-ethyl adjacent to an activating group) is 2. The van der Waals surface area contributed by atoms with Crippen LogP contribution in [0.15, 0.2) is 11.9 Å². The molecule has 1 unspecified atom stereocenters. The minimum absolute atomic E-state index is 0.238. The van der Waals surface area contributed by atoms with Crippen molar-refractivity contribution in [2.45, 2.75) is 32.4 Å². The molecule has 6 nitrogen and oxygen atoms in total. The van der Waals surface area contributed by atoms with Gasteiger partial charge in [-0.25, -0.2) is 0 Å². The Labute approximate surface area is 122 Å². The lowest BCUT2D eigenvalue weighted by Gasteiger charge is -2.35. The van der Waals surface area contributed by atoms with Crippen LogP contribution in [0.25, 0.3) is 0 Å². The molecule has 1 aliphatic rings. The minimum Gasteiger partial charge on any atom is -0.481 e. The Balaban J connectivity index is 2.56. The second kappa shape index (κ2) is 8.11. The minimum atomic E-state index is -0.717. The Morgan fingerprint density at radius 3 is 2.65 bits per heavy atom. The third-order valence-corrected chi connectivity index (χ3v) is 3.54. The summed E-state index contributed by atoms with van der Waals surface area (Å²) in [6.07, 6.45) is 4.18. The summed E-state index contributed by atoms with van der Waals surface area (Å²) in [7, 11) is 6.24. The monoisotopic (exact) mass is 284 g/mol. The van der Waals surface area contributed by atoms with Crippen molar-refractivity contribution < 1.29 is 9.90 Å². The second-order valence-corrected chi connectivity index (χ2v) is 5.71. The van der Waals surface area contributed by atoms with Crippen molar-refractivity contribution in [1.82, 2.24) is 20.0 Å². The number of aliphatic carboxylic acids is 1. The molecule has 2 N–H and O–H groups in total. The van der Waals surface area contributed by atoms with E-state index in [2.05, 4.69) is 47.4 Å². The van der Waals surface area contributed by atoms with Gasteiger partial charge in [0.15, 0.2) is 0 Å². The van der Waals surface area contributed by atoms with Gasteiger partial charge in [0.25, 0.3) is 0 Å². The van der Waals surface area contributed by atoms with Crippen molar-refractivity contribution in [3.63, 3.8) is 0 Å². The van der Waals surface area contributed by atoms with Gasteiger partial charge in [0.1, 0.15) is 0 Å². The Bertz CT molecular complexity index is 344. The zero-order chi connectivity index (χ0) is 15.1. The van der Waals surface area contributed by atoms with Crippen molar-refractivity contribution in [2.75, 3.05) is 40.9 Å². The third kappa shape index (κ3) is 5.79. The summed E-state index contributed by atoms with van der Waals surface area (Å²) in [5.74, 6) is -0.717. The average molecular weight is 284 g/mol. The number of nitrogens with zero attached hydrogens (tertiary/aromatic N) is 3. The van der Waals surface area contributed by atoms with Crippen molar-refractivity contribution in [2.24, 2.45) is 0 Å². The number of carboxylic acids is 1. The van der Waals surface area contributed by atoms with E-state index in [0.717, 1.165) is 31.9 Å². The molecule has 0 spiro atoms. The second-order valence-electron chi connectivity index (χ2n) is 5.71. The molecule has 1 aliphatic heterocycles. The number of allylic oxidation sites excluding steroid dienone is 1. The van der Waals surface area contributed by atoms with E-state index >= 15 is 0 Å². The molecule has 1 heterocycles. The van der Waals surface area contributed by atoms with Gasteiger partial charge in [-0.2, -0.15) is 0 Å². The van der Waals surface area contributed by atoms with E-state index in [9.17, 15) is 4.79 Å². The molecule has 0 aliphatic carbocycles. The lowest BCUT2D eigenvalue weighted by Crippen LogP contribution is -2.46. The van der Waals surface area contributed by atoms with Crippen LogP contribution in [-0.4, -0.2) is 72.8 Å². The standard InChI is InChI=1S/C14H28N4O2/c1-12-10-18(11-15-12)13(6-5-7-14(19)20)17(4)9-8-16(2)3/h10,13,15H,5-9,11H2,1-4H3,(H,19,20). The van der Waals surface area contributed by atoms with E-state index in [1.165, 1.54) is 0 Å². The molecule has 0 aromatic rings. The van der Waals surface area contributed by atoms with Crippen molar-refractivity contribution in [3.8, 4) is 0 Å². The van der Waals surface area contributed by atoms with Crippen LogP contribution in [-0.2, 0) is 4.79 Å². The predicted molar refractivity (Wildman–Crippen MR) is 80.1 cm³/mol. The van der Waals surface area contributed by atoms with Crippen LogP contribution in [0.3, 0.4) is 0 Å². The quantitative estimate of drug-likeness (QED) is 0.653. The van der Waals surface area contributed by atoms with E-state index in [4.69, 9.17) is 5.11 Å². The van der Waals surface area contributed by atoms with Crippen molar-refractivity contribution in [1.29, 1.82) is 0 Å². The lowest BCUT2D eigenvalue weighted by atomic mass is 10.1. The van der Waals surface area contributed by atoms with Crippen LogP contribution in [0.4, 0.5) is 0 Å². The number of hydrogen-bond acceptors (Lipinski definition) is 5. The molecule has 0 radical (unpaired) electrons. The smallest absolute Gasteiger partial charge is 0.303 e. The van der Waals surface area contributed by atoms with Crippen LogP contribution in [0.2, 0.25) is 0 Å². The van der Waals surface area contributed by atoms with Crippen molar-refractivity contribution in [3.05, 3.63) is 11.9 Å². The molecule has 0 aromatic carbocycles. The zero-order valence-electron chi connectivity index (χ0n) is 13.1. The summed E-state index contributed by atoms with van der Waals surface area (Å²) in [5.41, 5.74) is 1.16. The first-order valence-corrected chi connectivity index (χ1v) is 7.15. The summed E-state index contributed by atoms with van der Waals surface area (Å²) in [4.78, 5) is 17.4. The van der Waals surface area contributed by atoms with E-state index in [1.807, 2.05) is 6.92 Å². The number of rotatable bonds is 9. The summed E-state index contributed by atoms with van der Waals surface area (Å²) in [6.45, 7) is 4.81. The van der Waals surface area contributed by atoms with E-state index in [1.54, 1.807) is 0 Å². The number of carbonyl (C=O) groups is 1. The van der Waals surface area contributed by atoms with Gasteiger partial charge in [-0.05, 0) is 40.9 Å². The Hall–Kier alpha value is -1.27. The normalized spacial score (nSPS) is 16.5. The lowest BCUT2D eigenvalue weighted by molar-refractivity contribution is -0.137. The van der Waals surface area contributed by atoms with Gasteiger partial charge >= 0.3 is 5.97 Å². The Morgan fingerprint density at radius 2 is 2.15 bits per heavy atom. The number of nitrogens with one attached hydrogen (secondary N) is 1. The number of carboxylic acid groups (broad SMARTS) is 1. The molecule has 0 saturated heterocycles. The molecule has 0 bridgehead atoms. The molecule has 0 aromatic heterocycles. The van der Waals surface area contributed by atoms with Crippen LogP contribution < -0.4 is 5.32 Å². The first kappa shape index (κ1) is 16.8. The molecule has 1 rings (SSSR count). The Kier molecular flexibility index (Phi) is 6.81. The molecule has 0 fully saturated rings. The highest BCUT2D eigenvalue weighted by Crippen LogP contribution is 2.16. The van der Waals surface area contributed by atoms with E-state index in [0.29, 0.717) is 6.42 Å². The maximum absolute atomic E-state index is 10.7. The molecule has 20 heavy (non-hydrogen) atoms. The number of hydrogen-bond donors (Lipinski definition) is 2. The zero-order valence-corrected chi connectivity index (χ0v) is 13.1. The molecular weight excluding hydrogens is 256 g/mol. The molecule has 116 valence electrons. The summed E-state index contributed by atoms with van der Waals surface area (Å²) < 4.78 is 0. The van der Waals surface area contributed by atoms with Gasteiger partial charge in [0, 0.05) is 31.4 Å². The third-order valence-electron chi connectivity index (χ3n) is 3.54. The summed E-state index contributed by atoms with van der Waals surface area (Å²) in [5, 5.41) is 12.1. The maximum atomic E-state index is 10.7. The highest BCUT2D eigenvalue weighted by molar-refractivity contribution is 5.66. The largest absolute Gasteiger partial charge is 0.481 e.